The molecule has 3 rings (SSSR count). The van der Waals surface area contributed by atoms with E-state index in [0.717, 1.165) is 36.1 Å². The van der Waals surface area contributed by atoms with Crippen LogP contribution in [-0.2, 0) is 16.6 Å². The van der Waals surface area contributed by atoms with Gasteiger partial charge in [0.15, 0.2) is 0 Å². The maximum atomic E-state index is 12.8. The summed E-state index contributed by atoms with van der Waals surface area (Å²) in [5.74, 6) is 0. The Labute approximate surface area is 127 Å². The van der Waals surface area contributed by atoms with E-state index in [0.29, 0.717) is 10.9 Å². The van der Waals surface area contributed by atoms with E-state index in [4.69, 9.17) is 0 Å². The van der Waals surface area contributed by atoms with Crippen LogP contribution in [0.1, 0.15) is 42.4 Å². The summed E-state index contributed by atoms with van der Waals surface area (Å²) in [6.45, 7) is 4.65. The Morgan fingerprint density at radius 3 is 2.43 bits per heavy atom. The molecule has 2 aliphatic carbocycles. The Kier molecular flexibility index (Phi) is 3.84. The van der Waals surface area contributed by atoms with Crippen LogP contribution in [0, 0.1) is 13.8 Å². The van der Waals surface area contributed by atoms with E-state index in [1.54, 1.807) is 11.4 Å². The van der Waals surface area contributed by atoms with Gasteiger partial charge in [-0.2, -0.15) is 4.31 Å². The summed E-state index contributed by atoms with van der Waals surface area (Å²) in [7, 11) is -1.66. The second-order valence-electron chi connectivity index (χ2n) is 6.44. The van der Waals surface area contributed by atoms with Crippen LogP contribution in [0.2, 0.25) is 0 Å². The maximum Gasteiger partial charge on any atom is 0.243 e. The monoisotopic (exact) mass is 308 g/mol. The van der Waals surface area contributed by atoms with Crippen LogP contribution in [0.5, 0.6) is 0 Å². The molecule has 0 radical (unpaired) electrons. The zero-order valence-corrected chi connectivity index (χ0v) is 13.8. The largest absolute Gasteiger partial charge is 0.310 e. The molecule has 0 heterocycles. The van der Waals surface area contributed by atoms with Crippen molar-refractivity contribution in [2.75, 3.05) is 7.05 Å². The normalized spacial score (nSPS) is 19.2. The van der Waals surface area contributed by atoms with E-state index >= 15 is 0 Å². The first-order valence-corrected chi connectivity index (χ1v) is 9.15. The predicted molar refractivity (Wildman–Crippen MR) is 83.7 cm³/mol. The van der Waals surface area contributed by atoms with Crippen LogP contribution >= 0.6 is 0 Å². The van der Waals surface area contributed by atoms with Crippen LogP contribution in [-0.4, -0.2) is 31.9 Å². The van der Waals surface area contributed by atoms with Crippen LogP contribution in [0.15, 0.2) is 17.0 Å². The molecule has 116 valence electrons. The summed E-state index contributed by atoms with van der Waals surface area (Å²) in [6, 6.07) is 4.77. The highest BCUT2D eigenvalue weighted by Gasteiger charge is 2.36. The van der Waals surface area contributed by atoms with Crippen molar-refractivity contribution >= 4 is 10.0 Å². The zero-order valence-electron chi connectivity index (χ0n) is 13.0. The van der Waals surface area contributed by atoms with E-state index in [1.807, 2.05) is 19.9 Å². The quantitative estimate of drug-likeness (QED) is 0.877. The number of sulfonamides is 1. The summed E-state index contributed by atoms with van der Waals surface area (Å²) in [4.78, 5) is 0.476. The van der Waals surface area contributed by atoms with Gasteiger partial charge in [0, 0.05) is 25.7 Å². The first-order valence-electron chi connectivity index (χ1n) is 7.71. The minimum atomic E-state index is -3.37. The van der Waals surface area contributed by atoms with Gasteiger partial charge in [-0.25, -0.2) is 8.42 Å². The molecule has 0 spiro atoms. The second kappa shape index (κ2) is 5.38. The third kappa shape index (κ3) is 3.15. The fourth-order valence-corrected chi connectivity index (χ4v) is 4.37. The average Bonchev–Trinajstić information content (AvgIpc) is 3.31. The Morgan fingerprint density at radius 1 is 1.19 bits per heavy atom. The summed E-state index contributed by atoms with van der Waals surface area (Å²) in [6.07, 6.45) is 4.44. The molecular weight excluding hydrogens is 284 g/mol. The molecule has 2 aliphatic rings. The average molecular weight is 308 g/mol. The predicted octanol–water partition coefficient (Wildman–Crippen LogP) is 2.34. The number of benzene rings is 1. The summed E-state index contributed by atoms with van der Waals surface area (Å²) in [5.41, 5.74) is 2.98. The van der Waals surface area contributed by atoms with Crippen LogP contribution in [0.3, 0.4) is 0 Å². The zero-order chi connectivity index (χ0) is 15.2. The van der Waals surface area contributed by atoms with Crippen molar-refractivity contribution in [2.24, 2.45) is 0 Å². The van der Waals surface area contributed by atoms with E-state index < -0.39 is 10.0 Å². The van der Waals surface area contributed by atoms with Gasteiger partial charge in [-0.1, -0.05) is 6.07 Å². The van der Waals surface area contributed by atoms with Gasteiger partial charge in [0.2, 0.25) is 10.0 Å². The fourth-order valence-electron chi connectivity index (χ4n) is 2.61. The molecule has 1 aromatic rings. The Morgan fingerprint density at radius 2 is 1.86 bits per heavy atom. The van der Waals surface area contributed by atoms with Crippen LogP contribution in [0.4, 0.5) is 0 Å². The lowest BCUT2D eigenvalue weighted by atomic mass is 10.1. The molecule has 21 heavy (non-hydrogen) atoms. The van der Waals surface area contributed by atoms with Crippen LogP contribution in [0.25, 0.3) is 0 Å². The van der Waals surface area contributed by atoms with Gasteiger partial charge in [0.1, 0.15) is 0 Å². The first kappa shape index (κ1) is 15.0. The van der Waals surface area contributed by atoms with Gasteiger partial charge in [-0.15, -0.1) is 0 Å². The molecule has 4 nitrogen and oxygen atoms in total. The molecule has 0 atom stereocenters. The topological polar surface area (TPSA) is 49.4 Å². The molecular formula is C16H24N2O2S. The van der Waals surface area contributed by atoms with Crippen LogP contribution < -0.4 is 5.32 Å². The number of rotatable bonds is 6. The van der Waals surface area contributed by atoms with Gasteiger partial charge in [-0.3, -0.25) is 0 Å². The molecule has 0 unspecified atom stereocenters. The summed E-state index contributed by atoms with van der Waals surface area (Å²) < 4.78 is 27.1. The van der Waals surface area contributed by atoms with E-state index in [-0.39, 0.29) is 6.04 Å². The highest BCUT2D eigenvalue weighted by atomic mass is 32.2. The van der Waals surface area contributed by atoms with Crippen molar-refractivity contribution in [1.29, 1.82) is 0 Å². The maximum absolute atomic E-state index is 12.8. The summed E-state index contributed by atoms with van der Waals surface area (Å²) in [5, 5.41) is 3.45. The SMILES string of the molecule is Cc1cc(CNC2CC2)cc(S(=O)(=O)N(C)C2CC2)c1C. The molecule has 1 N–H and O–H groups in total. The highest BCUT2D eigenvalue weighted by Crippen LogP contribution is 2.32. The van der Waals surface area contributed by atoms with Crippen molar-refractivity contribution in [3.63, 3.8) is 0 Å². The smallest absolute Gasteiger partial charge is 0.243 e. The molecule has 1 aromatic carbocycles. The van der Waals surface area contributed by atoms with Gasteiger partial charge in [0.05, 0.1) is 4.90 Å². The number of aryl methyl sites for hydroxylation is 1. The Hall–Kier alpha value is -0.910. The standard InChI is InChI=1S/C16H24N2O2S/c1-11-8-13(10-17-14-4-5-14)9-16(12(11)2)21(19,20)18(3)15-6-7-15/h8-9,14-15,17H,4-7,10H2,1-3H3. The molecule has 0 amide bonds. The van der Waals surface area contributed by atoms with Gasteiger partial charge in [-0.05, 0) is 62.3 Å². The summed E-state index contributed by atoms with van der Waals surface area (Å²) >= 11 is 0. The minimum Gasteiger partial charge on any atom is -0.310 e. The van der Waals surface area contributed by atoms with E-state index in [2.05, 4.69) is 11.4 Å². The number of nitrogens with one attached hydrogen (secondary N) is 1. The number of nitrogens with zero attached hydrogens (tertiary/aromatic N) is 1. The molecule has 2 saturated carbocycles. The molecule has 0 bridgehead atoms. The van der Waals surface area contributed by atoms with Gasteiger partial charge in [0.25, 0.3) is 0 Å². The fraction of sp³-hybridized carbons (Fsp3) is 0.625. The molecule has 0 saturated heterocycles. The first-order chi connectivity index (χ1) is 9.89. The van der Waals surface area contributed by atoms with Crippen molar-refractivity contribution in [3.05, 3.63) is 28.8 Å². The van der Waals surface area contributed by atoms with E-state index in [9.17, 15) is 8.42 Å². The Balaban J connectivity index is 1.91. The van der Waals surface area contributed by atoms with Crippen molar-refractivity contribution in [1.82, 2.24) is 9.62 Å². The van der Waals surface area contributed by atoms with Gasteiger partial charge >= 0.3 is 0 Å². The van der Waals surface area contributed by atoms with Crippen molar-refractivity contribution in [3.8, 4) is 0 Å². The lowest BCUT2D eigenvalue weighted by molar-refractivity contribution is 0.463. The third-order valence-electron chi connectivity index (χ3n) is 4.57. The lowest BCUT2D eigenvalue weighted by Gasteiger charge is -2.20. The van der Waals surface area contributed by atoms with Gasteiger partial charge < -0.3 is 5.32 Å². The lowest BCUT2D eigenvalue weighted by Crippen LogP contribution is -2.30. The second-order valence-corrected chi connectivity index (χ2v) is 8.41. The Bertz CT molecular complexity index is 646. The van der Waals surface area contributed by atoms with Crippen molar-refractivity contribution < 1.29 is 8.42 Å². The third-order valence-corrected chi connectivity index (χ3v) is 6.61. The molecule has 0 aliphatic heterocycles. The highest BCUT2D eigenvalue weighted by molar-refractivity contribution is 7.89. The van der Waals surface area contributed by atoms with E-state index in [1.165, 1.54) is 12.8 Å². The molecule has 0 aromatic heterocycles. The minimum absolute atomic E-state index is 0.197. The molecule has 2 fully saturated rings. The van der Waals surface area contributed by atoms with Crippen molar-refractivity contribution in [2.45, 2.75) is 63.1 Å². The number of hydrogen-bond acceptors (Lipinski definition) is 3. The number of hydrogen-bond donors (Lipinski definition) is 1. The molecule has 5 heteroatoms.